The zero-order valence-corrected chi connectivity index (χ0v) is 12.2. The van der Waals surface area contributed by atoms with Crippen LogP contribution >= 0.6 is 15.9 Å². The van der Waals surface area contributed by atoms with Crippen LogP contribution in [0.25, 0.3) is 11.1 Å². The Balaban J connectivity index is 2.00. The summed E-state index contributed by atoms with van der Waals surface area (Å²) < 4.78 is 13.9. The minimum atomic E-state index is -0.563. The van der Waals surface area contributed by atoms with Gasteiger partial charge >= 0.3 is 0 Å². The molecule has 0 aliphatic heterocycles. The fourth-order valence-electron chi connectivity index (χ4n) is 1.92. The van der Waals surface area contributed by atoms with Gasteiger partial charge < -0.3 is 11.1 Å². The number of nitrogens with two attached hydrogens (primary N) is 1. The minimum absolute atomic E-state index is 0.192. The lowest BCUT2D eigenvalue weighted by molar-refractivity contribution is 0.577. The molecule has 2 aromatic heterocycles. The summed E-state index contributed by atoms with van der Waals surface area (Å²) >= 11 is 3.21. The van der Waals surface area contributed by atoms with Crippen LogP contribution in [0.15, 0.2) is 22.9 Å². The number of aromatic nitrogens is 3. The van der Waals surface area contributed by atoms with E-state index in [0.29, 0.717) is 27.3 Å². The SMILES string of the molecule is Nc1ncc(-c2ccnc(F)c2Br)c(NCC2CC2)n1. The molecular weight excluding hydrogens is 325 g/mol. The topological polar surface area (TPSA) is 76.7 Å². The molecule has 0 radical (unpaired) electrons. The van der Waals surface area contributed by atoms with Crippen molar-refractivity contribution in [1.82, 2.24) is 15.0 Å². The van der Waals surface area contributed by atoms with E-state index in [1.54, 1.807) is 12.3 Å². The van der Waals surface area contributed by atoms with Crippen molar-refractivity contribution in [2.75, 3.05) is 17.6 Å². The van der Waals surface area contributed by atoms with Crippen molar-refractivity contribution in [2.24, 2.45) is 5.92 Å². The maximum atomic E-state index is 13.6. The first-order chi connectivity index (χ1) is 9.65. The second-order valence-electron chi connectivity index (χ2n) is 4.78. The normalized spacial score (nSPS) is 14.3. The number of halogens is 2. The summed E-state index contributed by atoms with van der Waals surface area (Å²) in [4.78, 5) is 11.8. The third-order valence-electron chi connectivity index (χ3n) is 3.20. The molecule has 104 valence electrons. The van der Waals surface area contributed by atoms with Crippen LogP contribution in [0.1, 0.15) is 12.8 Å². The van der Waals surface area contributed by atoms with Gasteiger partial charge in [0.05, 0.1) is 4.47 Å². The van der Waals surface area contributed by atoms with E-state index < -0.39 is 5.95 Å². The van der Waals surface area contributed by atoms with Crippen LogP contribution in [0.4, 0.5) is 16.2 Å². The highest BCUT2D eigenvalue weighted by Gasteiger charge is 2.22. The monoisotopic (exact) mass is 337 g/mol. The predicted molar refractivity (Wildman–Crippen MR) is 78.5 cm³/mol. The van der Waals surface area contributed by atoms with Gasteiger partial charge in [0.25, 0.3) is 0 Å². The summed E-state index contributed by atoms with van der Waals surface area (Å²) in [6, 6.07) is 1.71. The van der Waals surface area contributed by atoms with Crippen LogP contribution in [0, 0.1) is 11.9 Å². The zero-order chi connectivity index (χ0) is 14.1. The molecular formula is C13H13BrFN5. The predicted octanol–water partition coefficient (Wildman–Crippen LogP) is 2.84. The fourth-order valence-corrected chi connectivity index (χ4v) is 2.36. The van der Waals surface area contributed by atoms with Crippen LogP contribution in [0.3, 0.4) is 0 Å². The number of nitrogens with zero attached hydrogens (tertiary/aromatic N) is 3. The highest BCUT2D eigenvalue weighted by atomic mass is 79.9. The maximum Gasteiger partial charge on any atom is 0.227 e. The smallest absolute Gasteiger partial charge is 0.227 e. The molecule has 20 heavy (non-hydrogen) atoms. The zero-order valence-electron chi connectivity index (χ0n) is 10.6. The fraction of sp³-hybridized carbons (Fsp3) is 0.308. The van der Waals surface area contributed by atoms with E-state index in [-0.39, 0.29) is 5.95 Å². The lowest BCUT2D eigenvalue weighted by Gasteiger charge is -2.12. The lowest BCUT2D eigenvalue weighted by atomic mass is 10.1. The van der Waals surface area contributed by atoms with Gasteiger partial charge in [-0.05, 0) is 40.8 Å². The van der Waals surface area contributed by atoms with E-state index in [1.165, 1.54) is 19.0 Å². The van der Waals surface area contributed by atoms with Gasteiger partial charge in [-0.3, -0.25) is 0 Å². The number of hydrogen-bond donors (Lipinski definition) is 2. The molecule has 1 saturated carbocycles. The van der Waals surface area contributed by atoms with Gasteiger partial charge in [-0.15, -0.1) is 0 Å². The summed E-state index contributed by atoms with van der Waals surface area (Å²) in [5.74, 6) is 0.942. The van der Waals surface area contributed by atoms with Gasteiger partial charge in [-0.1, -0.05) is 0 Å². The standard InChI is InChI=1S/C13H13BrFN5/c14-10-8(3-4-17-11(10)15)9-6-19-13(16)20-12(9)18-5-7-1-2-7/h3-4,6-7H,1-2,5H2,(H3,16,18,19,20). The average molecular weight is 338 g/mol. The maximum absolute atomic E-state index is 13.6. The summed E-state index contributed by atoms with van der Waals surface area (Å²) in [7, 11) is 0. The van der Waals surface area contributed by atoms with E-state index in [2.05, 4.69) is 36.2 Å². The van der Waals surface area contributed by atoms with E-state index in [1.807, 2.05) is 0 Å². The summed E-state index contributed by atoms with van der Waals surface area (Å²) in [5.41, 5.74) is 6.99. The number of hydrogen-bond acceptors (Lipinski definition) is 5. The molecule has 1 aliphatic carbocycles. The van der Waals surface area contributed by atoms with Crippen molar-refractivity contribution in [3.63, 3.8) is 0 Å². The van der Waals surface area contributed by atoms with Crippen molar-refractivity contribution in [3.05, 3.63) is 28.9 Å². The molecule has 1 fully saturated rings. The Morgan fingerprint density at radius 1 is 1.35 bits per heavy atom. The summed E-state index contributed by atoms with van der Waals surface area (Å²) in [6.07, 6.45) is 5.47. The Morgan fingerprint density at radius 2 is 2.15 bits per heavy atom. The largest absolute Gasteiger partial charge is 0.369 e. The molecule has 2 aromatic rings. The highest BCUT2D eigenvalue weighted by Crippen LogP contribution is 2.34. The van der Waals surface area contributed by atoms with Gasteiger partial charge in [0.15, 0.2) is 0 Å². The van der Waals surface area contributed by atoms with Crippen molar-refractivity contribution in [1.29, 1.82) is 0 Å². The summed E-state index contributed by atoms with van der Waals surface area (Å²) in [6.45, 7) is 0.842. The molecule has 0 atom stereocenters. The molecule has 3 rings (SSSR count). The second kappa shape index (κ2) is 5.32. The number of nitrogen functional groups attached to an aromatic ring is 1. The molecule has 0 aromatic carbocycles. The van der Waals surface area contributed by atoms with Gasteiger partial charge in [-0.2, -0.15) is 9.37 Å². The van der Waals surface area contributed by atoms with Crippen molar-refractivity contribution in [3.8, 4) is 11.1 Å². The third kappa shape index (κ3) is 2.72. The number of rotatable bonds is 4. The van der Waals surface area contributed by atoms with Crippen LogP contribution < -0.4 is 11.1 Å². The molecule has 7 heteroatoms. The van der Waals surface area contributed by atoms with E-state index in [0.717, 1.165) is 6.54 Å². The lowest BCUT2D eigenvalue weighted by Crippen LogP contribution is -2.09. The molecule has 3 N–H and O–H groups in total. The highest BCUT2D eigenvalue weighted by molar-refractivity contribution is 9.10. The molecule has 0 bridgehead atoms. The molecule has 0 unspecified atom stereocenters. The molecule has 2 heterocycles. The molecule has 5 nitrogen and oxygen atoms in total. The molecule has 0 saturated heterocycles. The van der Waals surface area contributed by atoms with Crippen LogP contribution in [0.2, 0.25) is 0 Å². The second-order valence-corrected chi connectivity index (χ2v) is 5.57. The van der Waals surface area contributed by atoms with Gasteiger partial charge in [-0.25, -0.2) is 9.97 Å². The Labute approximate surface area is 124 Å². The van der Waals surface area contributed by atoms with Crippen LogP contribution in [0.5, 0.6) is 0 Å². The Bertz CT molecular complexity index is 645. The molecule has 1 aliphatic rings. The van der Waals surface area contributed by atoms with Gasteiger partial charge in [0, 0.05) is 30.1 Å². The third-order valence-corrected chi connectivity index (χ3v) is 3.95. The minimum Gasteiger partial charge on any atom is -0.369 e. The Morgan fingerprint density at radius 3 is 2.90 bits per heavy atom. The van der Waals surface area contributed by atoms with Gasteiger partial charge in [0.1, 0.15) is 5.82 Å². The first kappa shape index (κ1) is 13.2. The Kier molecular flexibility index (Phi) is 3.52. The van der Waals surface area contributed by atoms with E-state index in [4.69, 9.17) is 5.73 Å². The quantitative estimate of drug-likeness (QED) is 0.839. The number of anilines is 2. The van der Waals surface area contributed by atoms with Gasteiger partial charge in [0.2, 0.25) is 11.9 Å². The Hall–Kier alpha value is -1.76. The first-order valence-electron chi connectivity index (χ1n) is 6.32. The average Bonchev–Trinajstić information content (AvgIpc) is 3.24. The molecule has 0 spiro atoms. The molecule has 0 amide bonds. The first-order valence-corrected chi connectivity index (χ1v) is 7.11. The van der Waals surface area contributed by atoms with Crippen molar-refractivity contribution < 1.29 is 4.39 Å². The van der Waals surface area contributed by atoms with Crippen molar-refractivity contribution in [2.45, 2.75) is 12.8 Å². The van der Waals surface area contributed by atoms with E-state index >= 15 is 0 Å². The number of nitrogens with one attached hydrogen (secondary N) is 1. The van der Waals surface area contributed by atoms with Crippen LogP contribution in [-0.2, 0) is 0 Å². The van der Waals surface area contributed by atoms with E-state index in [9.17, 15) is 4.39 Å². The number of pyridine rings is 1. The van der Waals surface area contributed by atoms with Crippen molar-refractivity contribution >= 4 is 27.7 Å². The van der Waals surface area contributed by atoms with Crippen LogP contribution in [-0.4, -0.2) is 21.5 Å². The summed E-state index contributed by atoms with van der Waals surface area (Å²) in [5, 5.41) is 3.27.